The van der Waals surface area contributed by atoms with E-state index in [9.17, 15) is 19.2 Å². The van der Waals surface area contributed by atoms with Crippen LogP contribution in [-0.4, -0.2) is 80.8 Å². The number of hydrogen-bond acceptors (Lipinski definition) is 8. The van der Waals surface area contributed by atoms with Gasteiger partial charge in [-0.25, -0.2) is 0 Å². The van der Waals surface area contributed by atoms with Crippen LogP contribution in [0.5, 0.6) is 11.5 Å². The summed E-state index contributed by atoms with van der Waals surface area (Å²) in [5.41, 5.74) is 9.59. The number of carboxylic acid groups (broad SMARTS) is 2. The monoisotopic (exact) mass is 1170 g/mol. The largest absolute Gasteiger partial charge is 0.497 e. The smallest absolute Gasteiger partial charge is 0.305 e. The van der Waals surface area contributed by atoms with Crippen molar-refractivity contribution in [3.63, 3.8) is 0 Å². The number of methoxy groups -OCH3 is 2. The maximum Gasteiger partial charge on any atom is 0.305 e. The molecule has 0 saturated carbocycles. The first-order valence-electron chi connectivity index (χ1n) is 25.9. The van der Waals surface area contributed by atoms with Crippen LogP contribution in [0.3, 0.4) is 0 Å². The second-order valence-corrected chi connectivity index (χ2v) is 21.0. The van der Waals surface area contributed by atoms with Gasteiger partial charge in [0.15, 0.2) is 0 Å². The van der Waals surface area contributed by atoms with Crippen molar-refractivity contribution in [3.8, 4) is 56.5 Å². The van der Waals surface area contributed by atoms with Crippen LogP contribution in [0.15, 0.2) is 170 Å². The van der Waals surface area contributed by atoms with Gasteiger partial charge in [-0.05, 0) is 156 Å². The predicted molar refractivity (Wildman–Crippen MR) is 324 cm³/mol. The zero-order valence-electron chi connectivity index (χ0n) is 44.8. The molecule has 2 atom stereocenters. The number of carbonyl (C=O) groups is 4. The Labute approximate surface area is 492 Å². The van der Waals surface area contributed by atoms with Crippen LogP contribution >= 0.6 is 46.4 Å². The number of nitrogens with zero attached hydrogens (tertiary/aromatic N) is 4. The Bertz CT molecular complexity index is 3710. The van der Waals surface area contributed by atoms with Gasteiger partial charge >= 0.3 is 11.9 Å². The minimum Gasteiger partial charge on any atom is -0.497 e. The van der Waals surface area contributed by atoms with Gasteiger partial charge in [-0.3, -0.25) is 28.5 Å². The summed E-state index contributed by atoms with van der Waals surface area (Å²) in [6.45, 7) is 4.22. The van der Waals surface area contributed by atoms with Crippen LogP contribution in [0.4, 0.5) is 0 Å². The van der Waals surface area contributed by atoms with Gasteiger partial charge in [-0.15, -0.1) is 0 Å². The number of halogens is 4. The van der Waals surface area contributed by atoms with Crippen LogP contribution in [0.2, 0.25) is 20.1 Å². The minimum atomic E-state index is -0.963. The standard InChI is InChI=1S/2C32H27Cl2N3O4/c2*1-19(20-3-5-21(6-4-20)32(40)35-12-11-31(38)39)37-30(18-29(36-37)25-14-26(33)17-27(34)15-25)24-8-7-23-16-28(41-2)10-9-22(23)13-24/h2*3-10,13-19H,11-12H2,1-2H3,(H,35,40)(H,38,39)/t2*19-/m00/s1. The average Bonchev–Trinajstić information content (AvgIpc) is 3.90. The highest BCUT2D eigenvalue weighted by Gasteiger charge is 2.22. The number of rotatable bonds is 18. The summed E-state index contributed by atoms with van der Waals surface area (Å²) < 4.78 is 14.7. The summed E-state index contributed by atoms with van der Waals surface area (Å²) in [5, 5.41) is 39.2. The van der Waals surface area contributed by atoms with Gasteiger partial charge in [0.05, 0.1) is 61.9 Å². The van der Waals surface area contributed by atoms with E-state index < -0.39 is 11.9 Å². The van der Waals surface area contributed by atoms with E-state index in [0.29, 0.717) is 31.2 Å². The molecule has 10 rings (SSSR count). The molecule has 14 nitrogen and oxygen atoms in total. The number of carbonyl (C=O) groups excluding carboxylic acids is 2. The fourth-order valence-electron chi connectivity index (χ4n) is 9.39. The van der Waals surface area contributed by atoms with Crippen molar-refractivity contribution in [3.05, 3.63) is 212 Å². The number of aliphatic carboxylic acids is 2. The first-order chi connectivity index (χ1) is 39.4. The third-order valence-electron chi connectivity index (χ3n) is 13.8. The van der Waals surface area contributed by atoms with E-state index in [1.807, 2.05) is 120 Å². The van der Waals surface area contributed by atoms with Crippen LogP contribution < -0.4 is 20.1 Å². The molecule has 0 fully saturated rings. The minimum absolute atomic E-state index is 0.0673. The van der Waals surface area contributed by atoms with E-state index in [2.05, 4.69) is 47.0 Å². The van der Waals surface area contributed by atoms with Crippen LogP contribution in [0.25, 0.3) is 66.6 Å². The number of aromatic nitrogens is 4. The summed E-state index contributed by atoms with van der Waals surface area (Å²) in [7, 11) is 3.30. The molecule has 0 aliphatic heterocycles. The summed E-state index contributed by atoms with van der Waals surface area (Å²) in [4.78, 5) is 46.3. The lowest BCUT2D eigenvalue weighted by Crippen LogP contribution is -2.26. The highest BCUT2D eigenvalue weighted by atomic mass is 35.5. The molecule has 416 valence electrons. The van der Waals surface area contributed by atoms with E-state index in [4.69, 9.17) is 76.3 Å². The molecule has 2 aromatic heterocycles. The molecule has 2 heterocycles. The van der Waals surface area contributed by atoms with Crippen LogP contribution in [0.1, 0.15) is 70.6 Å². The van der Waals surface area contributed by atoms with Crippen molar-refractivity contribution in [2.24, 2.45) is 0 Å². The number of hydrogen-bond donors (Lipinski definition) is 4. The van der Waals surface area contributed by atoms with Crippen LogP contribution in [0, 0.1) is 0 Å². The normalized spacial score (nSPS) is 11.8. The van der Waals surface area contributed by atoms with E-state index >= 15 is 0 Å². The highest BCUT2D eigenvalue weighted by Crippen LogP contribution is 2.37. The van der Waals surface area contributed by atoms with Crippen molar-refractivity contribution < 1.29 is 38.9 Å². The highest BCUT2D eigenvalue weighted by molar-refractivity contribution is 6.35. The summed E-state index contributed by atoms with van der Waals surface area (Å²) >= 11 is 25.2. The van der Waals surface area contributed by atoms with E-state index in [0.717, 1.165) is 89.2 Å². The Hall–Kier alpha value is -8.66. The molecule has 10 aromatic rings. The lowest BCUT2D eigenvalue weighted by atomic mass is 10.0. The first-order valence-corrected chi connectivity index (χ1v) is 27.4. The maximum absolute atomic E-state index is 12.4. The van der Waals surface area contributed by atoms with Gasteiger partial charge in [0.1, 0.15) is 11.5 Å². The van der Waals surface area contributed by atoms with Gasteiger partial charge in [-0.1, -0.05) is 107 Å². The van der Waals surface area contributed by atoms with E-state index in [1.165, 1.54) is 0 Å². The Morgan fingerprint density at radius 1 is 0.451 bits per heavy atom. The number of amides is 2. The molecule has 2 amide bonds. The molecule has 0 aliphatic rings. The van der Waals surface area contributed by atoms with Crippen molar-refractivity contribution in [1.82, 2.24) is 30.2 Å². The summed E-state index contributed by atoms with van der Waals surface area (Å²) in [6, 6.07) is 53.2. The van der Waals surface area contributed by atoms with E-state index in [-0.39, 0.29) is 49.8 Å². The fourth-order valence-corrected chi connectivity index (χ4v) is 10.4. The van der Waals surface area contributed by atoms with Crippen molar-refractivity contribution >= 4 is 91.7 Å². The molecule has 0 radical (unpaired) electrons. The van der Waals surface area contributed by atoms with Gasteiger partial charge in [-0.2, -0.15) is 10.2 Å². The topological polar surface area (TPSA) is 187 Å². The van der Waals surface area contributed by atoms with Gasteiger partial charge in [0, 0.05) is 66.6 Å². The Balaban J connectivity index is 0.000000198. The number of benzene rings is 8. The Morgan fingerprint density at radius 3 is 1.13 bits per heavy atom. The second-order valence-electron chi connectivity index (χ2n) is 19.3. The van der Waals surface area contributed by atoms with Gasteiger partial charge < -0.3 is 30.3 Å². The zero-order valence-corrected chi connectivity index (χ0v) is 47.8. The van der Waals surface area contributed by atoms with Crippen LogP contribution in [-0.2, 0) is 9.59 Å². The lowest BCUT2D eigenvalue weighted by molar-refractivity contribution is -0.137. The number of carboxylic acids is 2. The van der Waals surface area contributed by atoms with Gasteiger partial charge in [0.25, 0.3) is 11.8 Å². The molecule has 4 N–H and O–H groups in total. The molecular weight excluding hydrogens is 1120 g/mol. The summed E-state index contributed by atoms with van der Waals surface area (Å²) in [5.74, 6) is -0.979. The molecule has 8 aromatic carbocycles. The predicted octanol–water partition coefficient (Wildman–Crippen LogP) is 15.0. The number of nitrogens with one attached hydrogen (secondary N) is 2. The molecular formula is C64H54Cl4N6O8. The second kappa shape index (κ2) is 25.9. The quantitative estimate of drug-likeness (QED) is 0.0644. The lowest BCUT2D eigenvalue weighted by Gasteiger charge is -2.17. The molecule has 82 heavy (non-hydrogen) atoms. The SMILES string of the molecule is COc1ccc2cc(-c3cc(-c4cc(Cl)cc(Cl)c4)nn3[C@@H](C)c3ccc(C(=O)NCCC(=O)O)cc3)ccc2c1.COc1ccc2cc(-c3cc(-c4cc(Cl)cc(Cl)c4)nn3[C@@H](C)c3ccc(C(=O)NCCC(=O)O)cc3)ccc2c1. The third-order valence-corrected chi connectivity index (χ3v) is 14.6. The van der Waals surface area contributed by atoms with Crippen molar-refractivity contribution in [2.45, 2.75) is 38.8 Å². The molecule has 0 bridgehead atoms. The molecule has 0 aliphatic carbocycles. The van der Waals surface area contributed by atoms with Crippen molar-refractivity contribution in [1.29, 1.82) is 0 Å². The molecule has 18 heteroatoms. The van der Waals surface area contributed by atoms with Gasteiger partial charge in [0.2, 0.25) is 0 Å². The van der Waals surface area contributed by atoms with E-state index in [1.54, 1.807) is 50.6 Å². The first kappa shape index (κ1) is 58.0. The Kier molecular flexibility index (Phi) is 18.3. The average molecular weight is 1180 g/mol. The third kappa shape index (κ3) is 13.9. The molecule has 0 unspecified atom stereocenters. The molecule has 0 saturated heterocycles. The maximum atomic E-state index is 12.4. The fraction of sp³-hybridized carbons (Fsp3) is 0.156. The Morgan fingerprint density at radius 2 is 0.793 bits per heavy atom. The summed E-state index contributed by atoms with van der Waals surface area (Å²) in [6.07, 6.45) is -0.267. The van der Waals surface area contributed by atoms with Crippen molar-refractivity contribution in [2.75, 3.05) is 27.3 Å². The number of fused-ring (bicyclic) bond motifs is 2. The zero-order chi connectivity index (χ0) is 58.2. The molecule has 0 spiro atoms. The number of ether oxygens (including phenoxy) is 2.